The van der Waals surface area contributed by atoms with Gasteiger partial charge >= 0.3 is 0 Å². The highest BCUT2D eigenvalue weighted by Gasteiger charge is 2.19. The molecule has 126 valence electrons. The minimum atomic E-state index is -0.309. The van der Waals surface area contributed by atoms with E-state index >= 15 is 0 Å². The molecular formula is C17H19N3O3S. The molecule has 1 aromatic heterocycles. The Kier molecular flexibility index (Phi) is 5.43. The number of hydrogen-bond donors (Lipinski definition) is 1. The zero-order valence-electron chi connectivity index (χ0n) is 13.2. The quantitative estimate of drug-likeness (QED) is 0.870. The van der Waals surface area contributed by atoms with Crippen molar-refractivity contribution < 1.29 is 14.3 Å². The molecule has 3 rings (SSSR count). The van der Waals surface area contributed by atoms with E-state index in [4.69, 9.17) is 4.74 Å². The summed E-state index contributed by atoms with van der Waals surface area (Å²) in [7, 11) is 0. The lowest BCUT2D eigenvalue weighted by molar-refractivity contribution is -0.129. The van der Waals surface area contributed by atoms with E-state index in [1.807, 2.05) is 11.4 Å². The van der Waals surface area contributed by atoms with Gasteiger partial charge in [0, 0.05) is 18.5 Å². The normalized spacial score (nSPS) is 13.8. The summed E-state index contributed by atoms with van der Waals surface area (Å²) in [6.07, 6.45) is 2.07. The number of carbonyl (C=O) groups is 2. The Morgan fingerprint density at radius 1 is 1.25 bits per heavy atom. The minimum Gasteiger partial charge on any atom is -0.486 e. The second kappa shape index (κ2) is 7.92. The van der Waals surface area contributed by atoms with Gasteiger partial charge in [0.1, 0.15) is 12.4 Å². The molecule has 1 aliphatic rings. The Morgan fingerprint density at radius 2 is 2.04 bits per heavy atom. The van der Waals surface area contributed by atoms with Gasteiger partial charge < -0.3 is 15.0 Å². The van der Waals surface area contributed by atoms with E-state index in [2.05, 4.69) is 10.3 Å². The largest absolute Gasteiger partial charge is 0.486 e. The number of para-hydroxylation sites is 1. The Labute approximate surface area is 144 Å². The van der Waals surface area contributed by atoms with Gasteiger partial charge in [-0.05, 0) is 25.0 Å². The fourth-order valence-corrected chi connectivity index (χ4v) is 3.11. The van der Waals surface area contributed by atoms with Crippen molar-refractivity contribution in [2.24, 2.45) is 0 Å². The SMILES string of the molecule is O=C(NCC(=O)N1CCCC1)c1ccccc1OCc1cscn1. The number of hydrogen-bond acceptors (Lipinski definition) is 5. The summed E-state index contributed by atoms with van der Waals surface area (Å²) in [6, 6.07) is 7.01. The molecule has 1 saturated heterocycles. The number of aromatic nitrogens is 1. The average Bonchev–Trinajstić information content (AvgIpc) is 3.31. The van der Waals surface area contributed by atoms with Crippen molar-refractivity contribution >= 4 is 23.2 Å². The lowest BCUT2D eigenvalue weighted by Crippen LogP contribution is -2.38. The van der Waals surface area contributed by atoms with Gasteiger partial charge in [0.15, 0.2) is 0 Å². The topological polar surface area (TPSA) is 71.5 Å². The maximum Gasteiger partial charge on any atom is 0.255 e. The van der Waals surface area contributed by atoms with Crippen molar-refractivity contribution in [2.75, 3.05) is 19.6 Å². The number of nitrogens with zero attached hydrogens (tertiary/aromatic N) is 2. The molecule has 0 unspecified atom stereocenters. The van der Waals surface area contributed by atoms with Crippen LogP contribution in [0.4, 0.5) is 0 Å². The van der Waals surface area contributed by atoms with E-state index in [0.29, 0.717) is 17.9 Å². The van der Waals surface area contributed by atoms with Gasteiger partial charge in [0.05, 0.1) is 23.3 Å². The van der Waals surface area contributed by atoms with Crippen LogP contribution in [0.25, 0.3) is 0 Å². The van der Waals surface area contributed by atoms with Crippen molar-refractivity contribution in [3.8, 4) is 5.75 Å². The van der Waals surface area contributed by atoms with E-state index in [1.165, 1.54) is 11.3 Å². The van der Waals surface area contributed by atoms with Crippen molar-refractivity contribution in [1.29, 1.82) is 0 Å². The van der Waals surface area contributed by atoms with Crippen LogP contribution in [0.15, 0.2) is 35.2 Å². The van der Waals surface area contributed by atoms with Gasteiger partial charge in [0.25, 0.3) is 5.91 Å². The predicted octanol–water partition coefficient (Wildman–Crippen LogP) is 2.07. The van der Waals surface area contributed by atoms with Crippen LogP contribution in [0.2, 0.25) is 0 Å². The van der Waals surface area contributed by atoms with Gasteiger partial charge in [-0.1, -0.05) is 12.1 Å². The number of ether oxygens (including phenoxy) is 1. The Balaban J connectivity index is 1.58. The minimum absolute atomic E-state index is 0.0131. The lowest BCUT2D eigenvalue weighted by Gasteiger charge is -2.16. The molecule has 0 spiro atoms. The van der Waals surface area contributed by atoms with Crippen LogP contribution in [0, 0.1) is 0 Å². The van der Waals surface area contributed by atoms with Crippen molar-refractivity contribution in [3.05, 3.63) is 46.4 Å². The van der Waals surface area contributed by atoms with E-state index in [0.717, 1.165) is 31.6 Å². The van der Waals surface area contributed by atoms with Crippen LogP contribution in [-0.2, 0) is 11.4 Å². The molecule has 1 aliphatic heterocycles. The maximum atomic E-state index is 12.4. The first-order valence-electron chi connectivity index (χ1n) is 7.89. The summed E-state index contributed by atoms with van der Waals surface area (Å²) in [6.45, 7) is 1.88. The fraction of sp³-hybridized carbons (Fsp3) is 0.353. The smallest absolute Gasteiger partial charge is 0.255 e. The van der Waals surface area contributed by atoms with Crippen molar-refractivity contribution in [3.63, 3.8) is 0 Å². The molecule has 24 heavy (non-hydrogen) atoms. The zero-order valence-corrected chi connectivity index (χ0v) is 14.1. The lowest BCUT2D eigenvalue weighted by atomic mass is 10.2. The first-order valence-corrected chi connectivity index (χ1v) is 8.83. The first-order chi connectivity index (χ1) is 11.7. The molecule has 7 heteroatoms. The number of benzene rings is 1. The Bertz CT molecular complexity index is 697. The zero-order chi connectivity index (χ0) is 16.8. The fourth-order valence-electron chi connectivity index (χ4n) is 2.57. The highest BCUT2D eigenvalue weighted by molar-refractivity contribution is 7.07. The summed E-state index contributed by atoms with van der Waals surface area (Å²) in [5.41, 5.74) is 2.97. The number of carbonyl (C=O) groups excluding carboxylic acids is 2. The van der Waals surface area contributed by atoms with Crippen molar-refractivity contribution in [1.82, 2.24) is 15.2 Å². The highest BCUT2D eigenvalue weighted by atomic mass is 32.1. The van der Waals surface area contributed by atoms with Crippen LogP contribution in [0.3, 0.4) is 0 Å². The Hall–Kier alpha value is -2.41. The summed E-state index contributed by atoms with van der Waals surface area (Å²) >= 11 is 1.50. The van der Waals surface area contributed by atoms with Gasteiger partial charge in [-0.2, -0.15) is 0 Å². The predicted molar refractivity (Wildman–Crippen MR) is 91.0 cm³/mol. The Morgan fingerprint density at radius 3 is 2.79 bits per heavy atom. The van der Waals surface area contributed by atoms with Gasteiger partial charge in [0.2, 0.25) is 5.91 Å². The monoisotopic (exact) mass is 345 g/mol. The number of nitrogens with one attached hydrogen (secondary N) is 1. The number of rotatable bonds is 6. The van der Waals surface area contributed by atoms with E-state index in [9.17, 15) is 9.59 Å². The highest BCUT2D eigenvalue weighted by Crippen LogP contribution is 2.19. The standard InChI is InChI=1S/C17H19N3O3S/c21-16(20-7-3-4-8-20)9-18-17(22)14-5-1-2-6-15(14)23-10-13-11-24-12-19-13/h1-2,5-6,11-12H,3-4,7-10H2,(H,18,22). The summed E-state index contributed by atoms with van der Waals surface area (Å²) in [5, 5.41) is 4.59. The molecule has 6 nitrogen and oxygen atoms in total. The van der Waals surface area contributed by atoms with Crippen molar-refractivity contribution in [2.45, 2.75) is 19.4 Å². The van der Waals surface area contributed by atoms with Crippen LogP contribution in [0.1, 0.15) is 28.9 Å². The molecule has 0 bridgehead atoms. The molecular weight excluding hydrogens is 326 g/mol. The molecule has 2 amide bonds. The summed E-state index contributed by atoms with van der Waals surface area (Å²) in [5.74, 6) is 0.134. The molecule has 0 aliphatic carbocycles. The van der Waals surface area contributed by atoms with E-state index in [1.54, 1.807) is 28.6 Å². The molecule has 2 heterocycles. The molecule has 1 N–H and O–H groups in total. The number of likely N-dealkylation sites (tertiary alicyclic amines) is 1. The van der Waals surface area contributed by atoms with E-state index in [-0.39, 0.29) is 18.4 Å². The van der Waals surface area contributed by atoms with Gasteiger partial charge in [-0.25, -0.2) is 4.98 Å². The number of thiazole rings is 1. The van der Waals surface area contributed by atoms with Crippen LogP contribution in [0.5, 0.6) is 5.75 Å². The van der Waals surface area contributed by atoms with Crippen LogP contribution < -0.4 is 10.1 Å². The van der Waals surface area contributed by atoms with E-state index < -0.39 is 0 Å². The average molecular weight is 345 g/mol. The second-order valence-corrected chi connectivity index (χ2v) is 6.25. The third-order valence-electron chi connectivity index (χ3n) is 3.85. The molecule has 0 radical (unpaired) electrons. The molecule has 0 atom stereocenters. The summed E-state index contributed by atoms with van der Waals surface area (Å²) < 4.78 is 5.70. The third-order valence-corrected chi connectivity index (χ3v) is 4.48. The molecule has 1 aromatic carbocycles. The third kappa shape index (κ3) is 4.11. The number of amides is 2. The second-order valence-electron chi connectivity index (χ2n) is 5.54. The first kappa shape index (κ1) is 16.4. The van der Waals surface area contributed by atoms with Crippen LogP contribution in [-0.4, -0.2) is 41.3 Å². The molecule has 0 saturated carbocycles. The maximum absolute atomic E-state index is 12.4. The summed E-state index contributed by atoms with van der Waals surface area (Å²) in [4.78, 5) is 30.3. The molecule has 1 fully saturated rings. The van der Waals surface area contributed by atoms with Crippen LogP contribution >= 0.6 is 11.3 Å². The van der Waals surface area contributed by atoms with Gasteiger partial charge in [-0.15, -0.1) is 11.3 Å². The van der Waals surface area contributed by atoms with Gasteiger partial charge in [-0.3, -0.25) is 9.59 Å². The molecule has 2 aromatic rings.